The van der Waals surface area contributed by atoms with Crippen molar-refractivity contribution in [3.8, 4) is 0 Å². The number of nitrogens with zero attached hydrogens (tertiary/aromatic N) is 1. The van der Waals surface area contributed by atoms with Gasteiger partial charge < -0.3 is 4.90 Å². The molecule has 2 heteroatoms. The highest BCUT2D eigenvalue weighted by atomic mass is 16.2. The summed E-state index contributed by atoms with van der Waals surface area (Å²) >= 11 is 0. The molecular formula is C17H27NO. The van der Waals surface area contributed by atoms with Crippen LogP contribution in [0, 0.1) is 17.8 Å². The summed E-state index contributed by atoms with van der Waals surface area (Å²) in [5, 5.41) is 0. The first kappa shape index (κ1) is 14.4. The minimum atomic E-state index is 0.340. The Bertz CT molecular complexity index is 379. The Kier molecular flexibility index (Phi) is 4.84. The number of hydrogen-bond donors (Lipinski definition) is 0. The first-order valence-electron chi connectivity index (χ1n) is 7.73. The van der Waals surface area contributed by atoms with Gasteiger partial charge in [-0.15, -0.1) is 0 Å². The number of likely N-dealkylation sites (N-methyl/N-ethyl adjacent to an activating group) is 1. The topological polar surface area (TPSA) is 20.3 Å². The molecule has 0 aromatic rings. The van der Waals surface area contributed by atoms with E-state index in [4.69, 9.17) is 0 Å². The summed E-state index contributed by atoms with van der Waals surface area (Å²) in [7, 11) is 0. The lowest BCUT2D eigenvalue weighted by Crippen LogP contribution is -2.32. The summed E-state index contributed by atoms with van der Waals surface area (Å²) in [5.74, 6) is 2.08. The molecule has 0 aliphatic heterocycles. The van der Waals surface area contributed by atoms with E-state index in [1.807, 2.05) is 4.90 Å². The second-order valence-corrected chi connectivity index (χ2v) is 6.21. The number of rotatable bonds is 5. The fourth-order valence-corrected chi connectivity index (χ4v) is 2.91. The predicted molar refractivity (Wildman–Crippen MR) is 79.8 cm³/mol. The lowest BCUT2D eigenvalue weighted by Gasteiger charge is -2.25. The Balaban J connectivity index is 1.83. The van der Waals surface area contributed by atoms with Crippen molar-refractivity contribution >= 4 is 5.91 Å². The van der Waals surface area contributed by atoms with Crippen molar-refractivity contribution in [3.05, 3.63) is 23.8 Å². The molecule has 2 unspecified atom stereocenters. The highest BCUT2D eigenvalue weighted by Crippen LogP contribution is 2.31. The maximum Gasteiger partial charge on any atom is 0.225 e. The van der Waals surface area contributed by atoms with E-state index in [9.17, 15) is 4.79 Å². The Labute approximate surface area is 117 Å². The average molecular weight is 261 g/mol. The maximum absolute atomic E-state index is 12.0. The molecule has 1 saturated carbocycles. The van der Waals surface area contributed by atoms with Gasteiger partial charge in [-0.1, -0.05) is 30.7 Å². The Morgan fingerprint density at radius 1 is 1.47 bits per heavy atom. The molecule has 2 atom stereocenters. The van der Waals surface area contributed by atoms with Crippen LogP contribution in [0.15, 0.2) is 23.8 Å². The molecule has 0 aromatic carbocycles. The molecule has 2 rings (SSSR count). The highest BCUT2D eigenvalue weighted by molar-refractivity contribution is 5.81. The van der Waals surface area contributed by atoms with E-state index in [1.54, 1.807) is 0 Å². The first-order chi connectivity index (χ1) is 9.11. The van der Waals surface area contributed by atoms with Crippen molar-refractivity contribution in [1.29, 1.82) is 0 Å². The number of allylic oxidation sites excluding steroid dienone is 3. The van der Waals surface area contributed by atoms with E-state index in [2.05, 4.69) is 39.0 Å². The third-order valence-electron chi connectivity index (χ3n) is 4.44. The van der Waals surface area contributed by atoms with E-state index in [0.717, 1.165) is 38.3 Å². The minimum Gasteiger partial charge on any atom is -0.339 e. The maximum atomic E-state index is 12.0. The average Bonchev–Trinajstić information content (AvgIpc) is 3.20. The van der Waals surface area contributed by atoms with Crippen LogP contribution in [0.2, 0.25) is 0 Å². The molecule has 2 aliphatic rings. The van der Waals surface area contributed by atoms with Gasteiger partial charge in [0.1, 0.15) is 0 Å². The molecule has 106 valence electrons. The Morgan fingerprint density at radius 3 is 2.79 bits per heavy atom. The van der Waals surface area contributed by atoms with E-state index >= 15 is 0 Å². The van der Waals surface area contributed by atoms with E-state index in [-0.39, 0.29) is 0 Å². The van der Waals surface area contributed by atoms with Gasteiger partial charge in [0, 0.05) is 19.0 Å². The molecule has 0 N–H and O–H groups in total. The summed E-state index contributed by atoms with van der Waals surface area (Å²) in [6, 6.07) is 0. The third-order valence-corrected chi connectivity index (χ3v) is 4.44. The number of carbonyl (C=O) groups excluding carboxylic acids is 1. The normalized spacial score (nSPS) is 27.4. The summed E-state index contributed by atoms with van der Waals surface area (Å²) in [5.41, 5.74) is 1.52. The monoisotopic (exact) mass is 261 g/mol. The zero-order chi connectivity index (χ0) is 13.8. The number of amides is 1. The molecule has 19 heavy (non-hydrogen) atoms. The van der Waals surface area contributed by atoms with Gasteiger partial charge in [-0.3, -0.25) is 4.79 Å². The van der Waals surface area contributed by atoms with E-state index < -0.39 is 0 Å². The van der Waals surface area contributed by atoms with Gasteiger partial charge >= 0.3 is 0 Å². The van der Waals surface area contributed by atoms with Gasteiger partial charge in [-0.25, -0.2) is 0 Å². The summed E-state index contributed by atoms with van der Waals surface area (Å²) in [6.45, 7) is 8.25. The molecule has 1 fully saturated rings. The fourth-order valence-electron chi connectivity index (χ4n) is 2.91. The molecule has 1 amide bonds. The first-order valence-corrected chi connectivity index (χ1v) is 7.73. The molecule has 2 nitrogen and oxygen atoms in total. The van der Waals surface area contributed by atoms with Crippen LogP contribution in [0.25, 0.3) is 0 Å². The van der Waals surface area contributed by atoms with Crippen LogP contribution < -0.4 is 0 Å². The van der Waals surface area contributed by atoms with Crippen LogP contribution in [-0.4, -0.2) is 23.9 Å². The molecule has 0 heterocycles. The Morgan fingerprint density at radius 2 is 2.21 bits per heavy atom. The molecule has 2 aliphatic carbocycles. The van der Waals surface area contributed by atoms with Gasteiger partial charge in [0.25, 0.3) is 0 Å². The Hall–Kier alpha value is -1.05. The van der Waals surface area contributed by atoms with Crippen LogP contribution in [-0.2, 0) is 4.79 Å². The van der Waals surface area contributed by atoms with Crippen LogP contribution >= 0.6 is 0 Å². The largest absolute Gasteiger partial charge is 0.339 e. The van der Waals surface area contributed by atoms with Crippen LogP contribution in [0.5, 0.6) is 0 Å². The van der Waals surface area contributed by atoms with E-state index in [0.29, 0.717) is 17.7 Å². The zero-order valence-electron chi connectivity index (χ0n) is 12.6. The molecular weight excluding hydrogens is 234 g/mol. The lowest BCUT2D eigenvalue weighted by atomic mass is 9.81. The molecule has 0 bridgehead atoms. The standard InChI is InChI=1S/C17H27NO/c1-4-18(17(19)16-9-10-16)11-5-6-15-8-7-13(2)12-14(15)3/h5-7,14-16H,4,8-12H2,1-3H3. The summed E-state index contributed by atoms with van der Waals surface area (Å²) in [6.07, 6.45) is 11.5. The van der Waals surface area contributed by atoms with Gasteiger partial charge in [-0.05, 0) is 51.4 Å². The minimum absolute atomic E-state index is 0.340. The SMILES string of the molecule is CCN(CC=CC1CC=C(C)CC1C)C(=O)C1CC1. The van der Waals surface area contributed by atoms with Crippen molar-refractivity contribution in [2.45, 2.75) is 46.5 Å². The second kappa shape index (κ2) is 6.40. The number of hydrogen-bond acceptors (Lipinski definition) is 1. The zero-order valence-corrected chi connectivity index (χ0v) is 12.6. The molecule has 0 radical (unpaired) electrons. The van der Waals surface area contributed by atoms with Gasteiger partial charge in [-0.2, -0.15) is 0 Å². The quantitative estimate of drug-likeness (QED) is 0.689. The molecule has 0 aromatic heterocycles. The van der Waals surface area contributed by atoms with Crippen LogP contribution in [0.1, 0.15) is 46.5 Å². The van der Waals surface area contributed by atoms with Crippen molar-refractivity contribution < 1.29 is 4.79 Å². The lowest BCUT2D eigenvalue weighted by molar-refractivity contribution is -0.131. The van der Waals surface area contributed by atoms with Crippen molar-refractivity contribution in [1.82, 2.24) is 4.90 Å². The fraction of sp³-hybridized carbons (Fsp3) is 0.706. The van der Waals surface area contributed by atoms with Gasteiger partial charge in [0.15, 0.2) is 0 Å². The predicted octanol–water partition coefficient (Wildman–Crippen LogP) is 3.79. The van der Waals surface area contributed by atoms with Crippen LogP contribution in [0.4, 0.5) is 0 Å². The third kappa shape index (κ3) is 3.95. The summed E-state index contributed by atoms with van der Waals surface area (Å²) in [4.78, 5) is 14.0. The number of carbonyl (C=O) groups is 1. The van der Waals surface area contributed by atoms with Crippen molar-refractivity contribution in [2.24, 2.45) is 17.8 Å². The van der Waals surface area contributed by atoms with E-state index in [1.165, 1.54) is 12.0 Å². The molecule has 0 saturated heterocycles. The smallest absolute Gasteiger partial charge is 0.225 e. The second-order valence-electron chi connectivity index (χ2n) is 6.21. The molecule has 0 spiro atoms. The van der Waals surface area contributed by atoms with Crippen molar-refractivity contribution in [2.75, 3.05) is 13.1 Å². The van der Waals surface area contributed by atoms with Gasteiger partial charge in [0.2, 0.25) is 5.91 Å². The summed E-state index contributed by atoms with van der Waals surface area (Å²) < 4.78 is 0. The van der Waals surface area contributed by atoms with Crippen molar-refractivity contribution in [3.63, 3.8) is 0 Å². The van der Waals surface area contributed by atoms with Crippen LogP contribution in [0.3, 0.4) is 0 Å². The van der Waals surface area contributed by atoms with Gasteiger partial charge in [0.05, 0.1) is 0 Å². The highest BCUT2D eigenvalue weighted by Gasteiger charge is 2.32.